The van der Waals surface area contributed by atoms with Crippen molar-refractivity contribution in [1.29, 1.82) is 0 Å². The minimum absolute atomic E-state index is 0.341. The zero-order valence-electron chi connectivity index (χ0n) is 14.8. The van der Waals surface area contributed by atoms with Gasteiger partial charge in [0.1, 0.15) is 28.6 Å². The van der Waals surface area contributed by atoms with Gasteiger partial charge in [0.15, 0.2) is 0 Å². The maximum Gasteiger partial charge on any atom is 0.140 e. The summed E-state index contributed by atoms with van der Waals surface area (Å²) in [6.07, 6.45) is 1.67. The third-order valence-corrected chi connectivity index (χ3v) is 5.34. The molecular weight excluding hydrogens is 332 g/mol. The number of nitrogens with zero attached hydrogens (tertiary/aromatic N) is 6. The van der Waals surface area contributed by atoms with Crippen molar-refractivity contribution in [2.24, 2.45) is 0 Å². The second kappa shape index (κ2) is 6.55. The van der Waals surface area contributed by atoms with Crippen LogP contribution < -0.4 is 9.80 Å². The van der Waals surface area contributed by atoms with Gasteiger partial charge in [-0.2, -0.15) is 0 Å². The Bertz CT molecular complexity index is 882. The summed E-state index contributed by atoms with van der Waals surface area (Å²) in [4.78, 5) is 24.0. The van der Waals surface area contributed by atoms with Crippen LogP contribution >= 0.6 is 11.3 Å². The Labute approximate surface area is 151 Å². The Balaban J connectivity index is 1.53. The average molecular weight is 354 g/mol. The molecule has 0 aliphatic carbocycles. The number of aryl methyl sites for hydroxylation is 1. The van der Waals surface area contributed by atoms with Gasteiger partial charge in [0.05, 0.1) is 5.39 Å². The highest BCUT2D eigenvalue weighted by Gasteiger charge is 2.22. The Morgan fingerprint density at radius 2 is 1.80 bits per heavy atom. The van der Waals surface area contributed by atoms with Gasteiger partial charge in [-0.15, -0.1) is 11.3 Å². The van der Waals surface area contributed by atoms with Crippen molar-refractivity contribution >= 4 is 33.2 Å². The highest BCUT2D eigenvalue weighted by molar-refractivity contribution is 7.16. The maximum atomic E-state index is 4.77. The molecule has 0 radical (unpaired) electrons. The lowest BCUT2D eigenvalue weighted by atomic mass is 10.2. The van der Waals surface area contributed by atoms with Crippen molar-refractivity contribution in [2.75, 3.05) is 36.0 Å². The van der Waals surface area contributed by atoms with Crippen molar-refractivity contribution in [2.45, 2.75) is 26.7 Å². The molecule has 25 heavy (non-hydrogen) atoms. The third-order valence-electron chi connectivity index (χ3n) is 4.52. The molecule has 4 rings (SSSR count). The average Bonchev–Trinajstić information content (AvgIpc) is 3.10. The van der Waals surface area contributed by atoms with Gasteiger partial charge in [-0.1, -0.05) is 13.8 Å². The lowest BCUT2D eigenvalue weighted by Crippen LogP contribution is -2.47. The fourth-order valence-corrected chi connectivity index (χ4v) is 3.90. The lowest BCUT2D eigenvalue weighted by molar-refractivity contribution is 0.637. The first-order valence-electron chi connectivity index (χ1n) is 8.65. The van der Waals surface area contributed by atoms with E-state index >= 15 is 0 Å². The number of hydrogen-bond donors (Lipinski definition) is 0. The van der Waals surface area contributed by atoms with E-state index in [0.29, 0.717) is 5.92 Å². The second-order valence-electron chi connectivity index (χ2n) is 6.69. The summed E-state index contributed by atoms with van der Waals surface area (Å²) in [6.45, 7) is 10.0. The molecule has 3 aromatic heterocycles. The van der Waals surface area contributed by atoms with Crippen LogP contribution in [-0.2, 0) is 0 Å². The van der Waals surface area contributed by atoms with E-state index in [2.05, 4.69) is 56.1 Å². The number of hydrogen-bond acceptors (Lipinski definition) is 7. The smallest absolute Gasteiger partial charge is 0.140 e. The number of piperazine rings is 1. The topological polar surface area (TPSA) is 58.0 Å². The first-order valence-corrected chi connectivity index (χ1v) is 9.53. The summed E-state index contributed by atoms with van der Waals surface area (Å²) < 4.78 is 0. The summed E-state index contributed by atoms with van der Waals surface area (Å²) in [6, 6.07) is 4.20. The van der Waals surface area contributed by atoms with Gasteiger partial charge in [-0.05, 0) is 18.4 Å². The van der Waals surface area contributed by atoms with Crippen LogP contribution in [-0.4, -0.2) is 46.1 Å². The van der Waals surface area contributed by atoms with Crippen molar-refractivity contribution < 1.29 is 0 Å². The quantitative estimate of drug-likeness (QED) is 0.720. The van der Waals surface area contributed by atoms with Gasteiger partial charge in [0, 0.05) is 43.9 Å². The largest absolute Gasteiger partial charge is 0.353 e. The number of rotatable bonds is 3. The van der Waals surface area contributed by atoms with Crippen LogP contribution in [0.3, 0.4) is 0 Å². The summed E-state index contributed by atoms with van der Waals surface area (Å²) in [5.74, 6) is 3.35. The van der Waals surface area contributed by atoms with Gasteiger partial charge >= 0.3 is 0 Å². The summed E-state index contributed by atoms with van der Waals surface area (Å²) >= 11 is 1.66. The summed E-state index contributed by atoms with van der Waals surface area (Å²) in [5.41, 5.74) is 1.03. The number of anilines is 2. The minimum Gasteiger partial charge on any atom is -0.353 e. The normalized spacial score (nSPS) is 15.4. The Morgan fingerprint density at radius 3 is 2.56 bits per heavy atom. The second-order valence-corrected chi connectivity index (χ2v) is 7.59. The molecule has 4 heterocycles. The van der Waals surface area contributed by atoms with Crippen molar-refractivity contribution in [3.8, 4) is 0 Å². The van der Waals surface area contributed by atoms with Crippen LogP contribution in [0.4, 0.5) is 11.6 Å². The molecule has 0 N–H and O–H groups in total. The maximum absolute atomic E-state index is 4.77. The van der Waals surface area contributed by atoms with Crippen LogP contribution in [0.15, 0.2) is 23.8 Å². The molecule has 7 heteroatoms. The molecule has 0 spiro atoms. The lowest BCUT2D eigenvalue weighted by Gasteiger charge is -2.36. The summed E-state index contributed by atoms with van der Waals surface area (Å²) in [7, 11) is 0. The first-order chi connectivity index (χ1) is 12.1. The standard InChI is InChI=1S/C18H22N6S/c1-12(2)16-21-13(3)10-15(22-16)23-5-7-24(8-6-23)17-14-4-9-25-18(14)20-11-19-17/h4,9-12H,5-8H2,1-3H3. The molecule has 1 aliphatic rings. The first kappa shape index (κ1) is 16.2. The predicted octanol–water partition coefficient (Wildman–Crippen LogP) is 3.24. The fraction of sp³-hybridized carbons (Fsp3) is 0.444. The zero-order valence-corrected chi connectivity index (χ0v) is 15.6. The van der Waals surface area contributed by atoms with Crippen molar-refractivity contribution in [1.82, 2.24) is 19.9 Å². The van der Waals surface area contributed by atoms with Crippen LogP contribution in [0.2, 0.25) is 0 Å². The zero-order chi connectivity index (χ0) is 17.4. The van der Waals surface area contributed by atoms with E-state index in [1.807, 2.05) is 6.92 Å². The van der Waals surface area contributed by atoms with Gasteiger partial charge in [0.25, 0.3) is 0 Å². The van der Waals surface area contributed by atoms with Gasteiger partial charge < -0.3 is 9.80 Å². The van der Waals surface area contributed by atoms with Crippen molar-refractivity contribution in [3.05, 3.63) is 35.4 Å². The van der Waals surface area contributed by atoms with E-state index in [1.54, 1.807) is 17.7 Å². The molecule has 0 atom stereocenters. The molecule has 1 saturated heterocycles. The van der Waals surface area contributed by atoms with Gasteiger partial charge in [-0.3, -0.25) is 0 Å². The van der Waals surface area contributed by atoms with Crippen molar-refractivity contribution in [3.63, 3.8) is 0 Å². The molecule has 1 aliphatic heterocycles. The van der Waals surface area contributed by atoms with E-state index < -0.39 is 0 Å². The molecular formula is C18H22N6S. The molecule has 0 amide bonds. The molecule has 0 saturated carbocycles. The SMILES string of the molecule is Cc1cc(N2CCN(c3ncnc4sccc34)CC2)nc(C(C)C)n1. The van der Waals surface area contributed by atoms with E-state index in [9.17, 15) is 0 Å². The molecule has 3 aromatic rings. The highest BCUT2D eigenvalue weighted by atomic mass is 32.1. The molecule has 0 bridgehead atoms. The predicted molar refractivity (Wildman–Crippen MR) is 103 cm³/mol. The minimum atomic E-state index is 0.341. The molecule has 6 nitrogen and oxygen atoms in total. The molecule has 130 valence electrons. The van der Waals surface area contributed by atoms with Crippen LogP contribution in [0, 0.1) is 6.92 Å². The van der Waals surface area contributed by atoms with E-state index in [-0.39, 0.29) is 0 Å². The van der Waals surface area contributed by atoms with E-state index in [0.717, 1.165) is 59.5 Å². The van der Waals surface area contributed by atoms with Crippen LogP contribution in [0.25, 0.3) is 10.2 Å². The number of aromatic nitrogens is 4. The molecule has 0 unspecified atom stereocenters. The van der Waals surface area contributed by atoms with E-state index in [1.165, 1.54) is 0 Å². The Morgan fingerprint density at radius 1 is 1.04 bits per heavy atom. The molecule has 0 aromatic carbocycles. The Hall–Kier alpha value is -2.28. The number of thiophene rings is 1. The van der Waals surface area contributed by atoms with Crippen LogP contribution in [0.1, 0.15) is 31.3 Å². The summed E-state index contributed by atoms with van der Waals surface area (Å²) in [5, 5.41) is 3.23. The van der Waals surface area contributed by atoms with Crippen LogP contribution in [0.5, 0.6) is 0 Å². The Kier molecular flexibility index (Phi) is 4.25. The third kappa shape index (κ3) is 3.16. The van der Waals surface area contributed by atoms with Gasteiger partial charge in [-0.25, -0.2) is 19.9 Å². The highest BCUT2D eigenvalue weighted by Crippen LogP contribution is 2.28. The fourth-order valence-electron chi connectivity index (χ4n) is 3.17. The monoisotopic (exact) mass is 354 g/mol. The molecule has 1 fully saturated rings. The van der Waals surface area contributed by atoms with E-state index in [4.69, 9.17) is 4.98 Å². The van der Waals surface area contributed by atoms with Gasteiger partial charge in [0.2, 0.25) is 0 Å². The number of fused-ring (bicyclic) bond motifs is 1.